The standard InChI is InChI=1S/C14H23N5/c1-10(2)15-8-14-11(3)16-19(12(14)4)9-13-6-7-18(5)17-13/h6-7,10,15H,8-9H2,1-5H3. The molecule has 0 saturated heterocycles. The molecule has 0 aliphatic carbocycles. The summed E-state index contributed by atoms with van der Waals surface area (Å²) in [4.78, 5) is 0. The Labute approximate surface area is 114 Å². The molecule has 0 aliphatic rings. The Bertz CT molecular complexity index is 550. The Hall–Kier alpha value is -1.62. The van der Waals surface area contributed by atoms with Crippen LogP contribution in [0.4, 0.5) is 0 Å². The Morgan fingerprint density at radius 1 is 1.26 bits per heavy atom. The fraction of sp³-hybridized carbons (Fsp3) is 0.571. The third-order valence-corrected chi connectivity index (χ3v) is 3.30. The summed E-state index contributed by atoms with van der Waals surface area (Å²) in [5, 5.41) is 12.5. The molecule has 0 spiro atoms. The van der Waals surface area contributed by atoms with Crippen molar-refractivity contribution < 1.29 is 0 Å². The van der Waals surface area contributed by atoms with E-state index in [1.165, 1.54) is 11.3 Å². The number of nitrogens with zero attached hydrogens (tertiary/aromatic N) is 4. The summed E-state index contributed by atoms with van der Waals surface area (Å²) in [6.45, 7) is 10.1. The van der Waals surface area contributed by atoms with E-state index in [-0.39, 0.29) is 0 Å². The number of aryl methyl sites for hydroxylation is 2. The van der Waals surface area contributed by atoms with Gasteiger partial charge in [-0.1, -0.05) is 13.8 Å². The maximum atomic E-state index is 4.62. The van der Waals surface area contributed by atoms with Crippen LogP contribution in [0.3, 0.4) is 0 Å². The molecule has 0 aromatic carbocycles. The number of aromatic nitrogens is 4. The van der Waals surface area contributed by atoms with Gasteiger partial charge in [0.15, 0.2) is 0 Å². The molecule has 0 radical (unpaired) electrons. The Kier molecular flexibility index (Phi) is 4.04. The summed E-state index contributed by atoms with van der Waals surface area (Å²) < 4.78 is 3.86. The van der Waals surface area contributed by atoms with E-state index in [1.54, 1.807) is 0 Å². The molecule has 104 valence electrons. The lowest BCUT2D eigenvalue weighted by Gasteiger charge is -2.08. The molecule has 5 nitrogen and oxygen atoms in total. The lowest BCUT2D eigenvalue weighted by atomic mass is 10.2. The lowest BCUT2D eigenvalue weighted by Crippen LogP contribution is -2.22. The van der Waals surface area contributed by atoms with Crippen molar-refractivity contribution in [1.82, 2.24) is 24.9 Å². The van der Waals surface area contributed by atoms with Crippen LogP contribution in [-0.2, 0) is 20.1 Å². The molecule has 0 aliphatic heterocycles. The van der Waals surface area contributed by atoms with Gasteiger partial charge >= 0.3 is 0 Å². The molecule has 2 aromatic rings. The van der Waals surface area contributed by atoms with Crippen LogP contribution in [0.15, 0.2) is 12.3 Å². The highest BCUT2D eigenvalue weighted by Gasteiger charge is 2.12. The van der Waals surface area contributed by atoms with Gasteiger partial charge in [-0.3, -0.25) is 9.36 Å². The molecular weight excluding hydrogens is 238 g/mol. The van der Waals surface area contributed by atoms with E-state index >= 15 is 0 Å². The summed E-state index contributed by atoms with van der Waals surface area (Å²) >= 11 is 0. The van der Waals surface area contributed by atoms with Crippen molar-refractivity contribution in [3.8, 4) is 0 Å². The molecule has 0 unspecified atom stereocenters. The third-order valence-electron chi connectivity index (χ3n) is 3.30. The van der Waals surface area contributed by atoms with E-state index in [1.807, 2.05) is 28.7 Å². The molecule has 0 fully saturated rings. The largest absolute Gasteiger partial charge is 0.310 e. The van der Waals surface area contributed by atoms with Crippen molar-refractivity contribution in [2.24, 2.45) is 7.05 Å². The first kappa shape index (κ1) is 13.8. The minimum Gasteiger partial charge on any atom is -0.310 e. The quantitative estimate of drug-likeness (QED) is 0.892. The molecule has 2 aromatic heterocycles. The van der Waals surface area contributed by atoms with Crippen molar-refractivity contribution in [1.29, 1.82) is 0 Å². The lowest BCUT2D eigenvalue weighted by molar-refractivity contribution is 0.584. The van der Waals surface area contributed by atoms with Crippen LogP contribution in [0.1, 0.15) is 36.5 Å². The zero-order chi connectivity index (χ0) is 14.0. The van der Waals surface area contributed by atoms with Crippen LogP contribution in [-0.4, -0.2) is 25.6 Å². The van der Waals surface area contributed by atoms with Crippen LogP contribution >= 0.6 is 0 Å². The van der Waals surface area contributed by atoms with Gasteiger partial charge in [0.2, 0.25) is 0 Å². The summed E-state index contributed by atoms with van der Waals surface area (Å²) in [5.74, 6) is 0. The van der Waals surface area contributed by atoms with Crippen LogP contribution in [0.2, 0.25) is 0 Å². The van der Waals surface area contributed by atoms with Crippen LogP contribution in [0.25, 0.3) is 0 Å². The molecule has 0 bridgehead atoms. The molecule has 5 heteroatoms. The Balaban J connectivity index is 2.16. The first-order valence-corrected chi connectivity index (χ1v) is 6.72. The number of hydrogen-bond acceptors (Lipinski definition) is 3. The minimum absolute atomic E-state index is 0.484. The second-order valence-electron chi connectivity index (χ2n) is 5.32. The van der Waals surface area contributed by atoms with Gasteiger partial charge in [-0.15, -0.1) is 0 Å². The molecule has 1 N–H and O–H groups in total. The zero-order valence-electron chi connectivity index (χ0n) is 12.4. The predicted octanol–water partition coefficient (Wildman–Crippen LogP) is 1.78. The summed E-state index contributed by atoms with van der Waals surface area (Å²) in [5.41, 5.74) is 4.65. The first-order chi connectivity index (χ1) is 8.97. The van der Waals surface area contributed by atoms with Gasteiger partial charge in [-0.05, 0) is 19.9 Å². The predicted molar refractivity (Wildman–Crippen MR) is 76.0 cm³/mol. The third kappa shape index (κ3) is 3.23. The fourth-order valence-electron chi connectivity index (χ4n) is 2.15. The average molecular weight is 261 g/mol. The van der Waals surface area contributed by atoms with Gasteiger partial charge in [0, 0.05) is 37.1 Å². The van der Waals surface area contributed by atoms with Crippen molar-refractivity contribution in [3.05, 3.63) is 34.9 Å². The molecule has 0 amide bonds. The highest BCUT2D eigenvalue weighted by molar-refractivity contribution is 5.25. The van der Waals surface area contributed by atoms with E-state index in [0.717, 1.165) is 24.5 Å². The first-order valence-electron chi connectivity index (χ1n) is 6.72. The van der Waals surface area contributed by atoms with Crippen LogP contribution in [0, 0.1) is 13.8 Å². The van der Waals surface area contributed by atoms with Crippen molar-refractivity contribution in [2.75, 3.05) is 0 Å². The van der Waals surface area contributed by atoms with Crippen molar-refractivity contribution >= 4 is 0 Å². The monoisotopic (exact) mass is 261 g/mol. The van der Waals surface area contributed by atoms with Gasteiger partial charge in [0.25, 0.3) is 0 Å². The second kappa shape index (κ2) is 5.57. The zero-order valence-corrected chi connectivity index (χ0v) is 12.4. The highest BCUT2D eigenvalue weighted by atomic mass is 15.3. The van der Waals surface area contributed by atoms with Gasteiger partial charge < -0.3 is 5.32 Å². The molecule has 19 heavy (non-hydrogen) atoms. The Morgan fingerprint density at radius 2 is 2.00 bits per heavy atom. The minimum atomic E-state index is 0.484. The topological polar surface area (TPSA) is 47.7 Å². The average Bonchev–Trinajstić information content (AvgIpc) is 2.83. The Morgan fingerprint density at radius 3 is 2.58 bits per heavy atom. The fourth-order valence-corrected chi connectivity index (χ4v) is 2.15. The molecule has 0 atom stereocenters. The molecule has 0 saturated carbocycles. The van der Waals surface area contributed by atoms with Gasteiger partial charge in [0.05, 0.1) is 17.9 Å². The van der Waals surface area contributed by atoms with E-state index < -0.39 is 0 Å². The van der Waals surface area contributed by atoms with E-state index in [9.17, 15) is 0 Å². The molecule has 2 rings (SSSR count). The number of hydrogen-bond donors (Lipinski definition) is 1. The molecular formula is C14H23N5. The molecule has 2 heterocycles. The van der Waals surface area contributed by atoms with Crippen molar-refractivity contribution in [2.45, 2.75) is 46.8 Å². The summed E-state index contributed by atoms with van der Waals surface area (Å²) in [6, 6.07) is 2.51. The van der Waals surface area contributed by atoms with E-state index in [2.05, 4.69) is 43.2 Å². The van der Waals surface area contributed by atoms with Gasteiger partial charge in [-0.2, -0.15) is 10.2 Å². The summed E-state index contributed by atoms with van der Waals surface area (Å²) in [6.07, 6.45) is 1.96. The van der Waals surface area contributed by atoms with E-state index in [4.69, 9.17) is 0 Å². The maximum Gasteiger partial charge on any atom is 0.0853 e. The van der Waals surface area contributed by atoms with Gasteiger partial charge in [0.1, 0.15) is 0 Å². The second-order valence-corrected chi connectivity index (χ2v) is 5.32. The number of rotatable bonds is 5. The normalized spacial score (nSPS) is 11.5. The smallest absolute Gasteiger partial charge is 0.0853 e. The van der Waals surface area contributed by atoms with E-state index in [0.29, 0.717) is 6.04 Å². The highest BCUT2D eigenvalue weighted by Crippen LogP contribution is 2.14. The van der Waals surface area contributed by atoms with Crippen LogP contribution in [0.5, 0.6) is 0 Å². The maximum absolute atomic E-state index is 4.62. The summed E-state index contributed by atoms with van der Waals surface area (Å²) in [7, 11) is 1.93. The SMILES string of the molecule is Cc1nn(Cc2ccn(C)n2)c(C)c1CNC(C)C. The van der Waals surface area contributed by atoms with Crippen LogP contribution < -0.4 is 5.32 Å². The van der Waals surface area contributed by atoms with Crippen molar-refractivity contribution in [3.63, 3.8) is 0 Å². The van der Waals surface area contributed by atoms with Gasteiger partial charge in [-0.25, -0.2) is 0 Å². The number of nitrogens with one attached hydrogen (secondary N) is 1.